The zero-order chi connectivity index (χ0) is 23.7. The van der Waals surface area contributed by atoms with Gasteiger partial charge in [0.05, 0.1) is 13.8 Å². The summed E-state index contributed by atoms with van der Waals surface area (Å²) in [6.45, 7) is 18.5. The van der Waals surface area contributed by atoms with Crippen LogP contribution in [0.5, 0.6) is 0 Å². The van der Waals surface area contributed by atoms with Crippen LogP contribution in [0.4, 0.5) is 0 Å². The van der Waals surface area contributed by atoms with Crippen molar-refractivity contribution in [3.05, 3.63) is 93.5 Å². The molecule has 0 amide bonds. The van der Waals surface area contributed by atoms with Crippen molar-refractivity contribution < 1.29 is 51.0 Å². The third kappa shape index (κ3) is 5.09. The van der Waals surface area contributed by atoms with Crippen molar-refractivity contribution in [1.82, 2.24) is 0 Å². The van der Waals surface area contributed by atoms with Crippen LogP contribution >= 0.6 is 0 Å². The summed E-state index contributed by atoms with van der Waals surface area (Å²) in [6.07, 6.45) is 2.25. The smallest absolute Gasteiger partial charge is 1.00 e. The first-order valence-electron chi connectivity index (χ1n) is 12.0. The zero-order valence-corrected chi connectivity index (χ0v) is 28.4. The van der Waals surface area contributed by atoms with E-state index in [-0.39, 0.29) is 51.0 Å². The molecule has 6 heteroatoms. The Morgan fingerprint density at radius 2 is 1.50 bits per heavy atom. The number of aryl methyl sites for hydroxylation is 1. The van der Waals surface area contributed by atoms with Crippen molar-refractivity contribution in [2.45, 2.75) is 53.5 Å². The van der Waals surface area contributed by atoms with Gasteiger partial charge in [-0.1, -0.05) is 80.7 Å². The number of fused-ring (bicyclic) bond motifs is 1. The molecule has 3 aromatic rings. The van der Waals surface area contributed by atoms with Gasteiger partial charge in [0.25, 0.3) is 0 Å². The second-order valence-electron chi connectivity index (χ2n) is 11.3. The van der Waals surface area contributed by atoms with Gasteiger partial charge in [0.1, 0.15) is 8.07 Å². The van der Waals surface area contributed by atoms with Gasteiger partial charge < -0.3 is 24.8 Å². The van der Waals surface area contributed by atoms with Crippen LogP contribution < -0.4 is 30.0 Å². The summed E-state index contributed by atoms with van der Waals surface area (Å²) >= 11 is 0. The number of benzene rings is 2. The van der Waals surface area contributed by atoms with Crippen LogP contribution in [0.3, 0.4) is 0 Å². The Morgan fingerprint density at radius 3 is 2.06 bits per heavy atom. The molecule has 7 rings (SSSR count). The topological polar surface area (TPSA) is 12.4 Å². The van der Waals surface area contributed by atoms with Crippen molar-refractivity contribution in [3.63, 3.8) is 0 Å². The van der Waals surface area contributed by atoms with E-state index in [0.717, 1.165) is 0 Å². The number of halogens is 2. The first-order valence-corrected chi connectivity index (χ1v) is 18.5. The molecule has 1 aliphatic carbocycles. The summed E-state index contributed by atoms with van der Waals surface area (Å²) in [5, 5.41) is 7.51. The summed E-state index contributed by atoms with van der Waals surface area (Å²) < 4.78 is 0. The van der Waals surface area contributed by atoms with Gasteiger partial charge >= 0.3 is 26.2 Å². The third-order valence-corrected chi connectivity index (χ3v) is 13.2. The van der Waals surface area contributed by atoms with E-state index in [0.29, 0.717) is 0 Å². The molecule has 0 saturated carbocycles. The Labute approximate surface area is 250 Å². The van der Waals surface area contributed by atoms with E-state index in [1.54, 1.807) is 10.4 Å². The molecule has 3 aromatic carbocycles. The quantitative estimate of drug-likeness (QED) is 0.305. The number of nitrogens with zero attached hydrogens (tertiary/aromatic N) is 1. The molecule has 36 heavy (non-hydrogen) atoms. The zero-order valence-electron chi connectivity index (χ0n) is 22.5. The molecule has 0 spiro atoms. The first-order chi connectivity index (χ1) is 15.5. The van der Waals surface area contributed by atoms with E-state index < -0.39 is 16.1 Å². The average molecular weight is 627 g/mol. The summed E-state index contributed by atoms with van der Waals surface area (Å²) in [7, 11) is -2.36. The maximum Gasteiger partial charge on any atom is 3.00 e. The Bertz CT molecular complexity index is 1430. The van der Waals surface area contributed by atoms with Gasteiger partial charge in [-0.25, -0.2) is 0 Å². The molecular formula is C30H34Cl2NSi2Zr. The van der Waals surface area contributed by atoms with Crippen molar-refractivity contribution >= 4 is 37.8 Å². The maximum absolute atomic E-state index is 4.62. The molecule has 0 aromatic heterocycles. The summed E-state index contributed by atoms with van der Waals surface area (Å²) in [5.41, 5.74) is 9.50. The molecule has 2 bridgehead atoms. The van der Waals surface area contributed by atoms with Gasteiger partial charge in [-0.05, 0) is 41.5 Å². The average Bonchev–Trinajstić information content (AvgIpc) is 3.41. The van der Waals surface area contributed by atoms with Gasteiger partial charge in [0.2, 0.25) is 0 Å². The molecule has 0 atom stereocenters. The van der Waals surface area contributed by atoms with Crippen LogP contribution in [0.2, 0.25) is 32.7 Å². The molecule has 3 heterocycles. The second-order valence-corrected chi connectivity index (χ2v) is 20.7. The minimum Gasteiger partial charge on any atom is -1.00 e. The minimum atomic E-state index is -1.21. The van der Waals surface area contributed by atoms with Crippen LogP contribution in [0.15, 0.2) is 92.9 Å². The Kier molecular flexibility index (Phi) is 9.41. The van der Waals surface area contributed by atoms with Crippen LogP contribution in [0.1, 0.15) is 19.4 Å². The molecule has 185 valence electrons. The molecule has 0 unspecified atom stereocenters. The van der Waals surface area contributed by atoms with E-state index in [1.807, 2.05) is 0 Å². The van der Waals surface area contributed by atoms with Crippen molar-refractivity contribution in [2.24, 2.45) is 4.99 Å². The van der Waals surface area contributed by atoms with Gasteiger partial charge in [0, 0.05) is 11.3 Å². The monoisotopic (exact) mass is 624 g/mol. The number of allylic oxidation sites excluding steroid dienone is 4. The minimum absolute atomic E-state index is 0. The SMILES string of the molecule is CC1=NC2=C3C(C)=C(C2=C1)[Si]3(C)C.Cc1cc2c(-c3ccc([Si](C)(C)C)cc3)cccc2[cH-]1.[Cl-].[Cl-].[Zr+3]. The summed E-state index contributed by atoms with van der Waals surface area (Å²) in [5.74, 6) is 0. The van der Waals surface area contributed by atoms with Crippen molar-refractivity contribution in [2.75, 3.05) is 0 Å². The van der Waals surface area contributed by atoms with E-state index in [4.69, 9.17) is 0 Å². The van der Waals surface area contributed by atoms with Gasteiger partial charge in [-0.15, -0.1) is 34.5 Å². The summed E-state index contributed by atoms with van der Waals surface area (Å²) in [6, 6.07) is 20.3. The largest absolute Gasteiger partial charge is 3.00 e. The molecule has 0 fully saturated rings. The molecule has 1 radical (unpaired) electrons. The van der Waals surface area contributed by atoms with Gasteiger partial charge in [-0.3, -0.25) is 4.99 Å². The third-order valence-electron chi connectivity index (χ3n) is 7.36. The van der Waals surface area contributed by atoms with Gasteiger partial charge in [0.15, 0.2) is 0 Å². The van der Waals surface area contributed by atoms with Crippen molar-refractivity contribution in [3.8, 4) is 11.1 Å². The molecule has 0 N–H and O–H groups in total. The predicted molar refractivity (Wildman–Crippen MR) is 151 cm³/mol. The van der Waals surface area contributed by atoms with E-state index in [9.17, 15) is 0 Å². The normalized spacial score (nSPS) is 16.6. The fourth-order valence-electron chi connectivity index (χ4n) is 5.85. The van der Waals surface area contributed by atoms with E-state index in [1.165, 1.54) is 55.2 Å². The molecule has 3 aliphatic heterocycles. The molecule has 1 nitrogen and oxygen atoms in total. The summed E-state index contributed by atoms with van der Waals surface area (Å²) in [4.78, 5) is 4.62. The van der Waals surface area contributed by atoms with E-state index in [2.05, 4.69) is 119 Å². The fraction of sp³-hybridized carbons (Fsp3) is 0.267. The Balaban J connectivity index is 0.000000250. The number of hydrogen-bond donors (Lipinski definition) is 0. The molecule has 0 saturated heterocycles. The number of hydrogen-bond acceptors (Lipinski definition) is 1. The van der Waals surface area contributed by atoms with Crippen LogP contribution in [0, 0.1) is 6.92 Å². The maximum atomic E-state index is 4.62. The standard InChI is InChI=1S/C19H21Si.C11H13NSi.2ClH.Zr/c1-14-12-16-6-5-7-18(19(16)13-14)15-8-10-17(11-9-15)20(2,3)4;1-6-5-8-9(12-6)11-7(2)10(8)13(11,3)4;;;/h5-13H,1-4H3;5H,1-4H3;2*1H;/q-1;;;;+3/p-2. The molecule has 4 aliphatic rings. The van der Waals surface area contributed by atoms with E-state index >= 15 is 0 Å². The number of aliphatic imine (C=N–C) groups is 1. The Hall–Kier alpha value is -1.16. The number of rotatable bonds is 2. The van der Waals surface area contributed by atoms with Gasteiger partial charge in [-0.2, -0.15) is 6.07 Å². The first kappa shape index (κ1) is 31.1. The molecular weight excluding hydrogens is 593 g/mol. The Morgan fingerprint density at radius 1 is 0.861 bits per heavy atom. The van der Waals surface area contributed by atoms with Crippen molar-refractivity contribution in [1.29, 1.82) is 0 Å². The van der Waals surface area contributed by atoms with Crippen LogP contribution in [0.25, 0.3) is 21.9 Å². The van der Waals surface area contributed by atoms with Crippen LogP contribution in [-0.4, -0.2) is 21.9 Å². The fourth-order valence-corrected chi connectivity index (χ4v) is 10.9. The second kappa shape index (κ2) is 10.9. The van der Waals surface area contributed by atoms with Crippen LogP contribution in [-0.2, 0) is 26.2 Å². The predicted octanol–water partition coefficient (Wildman–Crippen LogP) is 1.86.